The highest BCUT2D eigenvalue weighted by molar-refractivity contribution is 5.80. The number of nitrogens with one attached hydrogen (secondary N) is 1. The molecule has 5 rings (SSSR count). The highest BCUT2D eigenvalue weighted by atomic mass is 19.1. The number of methoxy groups -OCH3 is 3. The second-order valence-corrected chi connectivity index (χ2v) is 9.61. The molecule has 10 nitrogen and oxygen atoms in total. The molecule has 5 aromatic rings. The van der Waals surface area contributed by atoms with E-state index in [0.29, 0.717) is 66.8 Å². The molecule has 0 amide bonds. The predicted octanol–water partition coefficient (Wildman–Crippen LogP) is 3.97. The lowest BCUT2D eigenvalue weighted by Crippen LogP contribution is -2.30. The van der Waals surface area contributed by atoms with Crippen molar-refractivity contribution in [1.82, 2.24) is 30.1 Å². The number of pyridine rings is 1. The summed E-state index contributed by atoms with van der Waals surface area (Å²) >= 11 is 0. The van der Waals surface area contributed by atoms with Crippen LogP contribution in [0.25, 0.3) is 10.9 Å². The molecule has 2 heterocycles. The van der Waals surface area contributed by atoms with E-state index in [1.54, 1.807) is 44.2 Å². The van der Waals surface area contributed by atoms with E-state index in [2.05, 4.69) is 25.4 Å². The second kappa shape index (κ2) is 12.6. The van der Waals surface area contributed by atoms with Crippen molar-refractivity contribution in [2.24, 2.45) is 0 Å². The quantitative estimate of drug-likeness (QED) is 0.245. The van der Waals surface area contributed by atoms with Gasteiger partial charge in [-0.15, -0.1) is 5.10 Å². The molecule has 0 aliphatic carbocycles. The van der Waals surface area contributed by atoms with Gasteiger partial charge in [0.1, 0.15) is 11.6 Å². The van der Waals surface area contributed by atoms with Gasteiger partial charge in [0.25, 0.3) is 5.56 Å². The minimum Gasteiger partial charge on any atom is -0.497 e. The maximum absolute atomic E-state index is 13.4. The number of hydrogen-bond acceptors (Lipinski definition) is 8. The Bertz CT molecular complexity index is 1690. The largest absolute Gasteiger partial charge is 0.497 e. The zero-order valence-electron chi connectivity index (χ0n) is 23.1. The average molecular weight is 559 g/mol. The van der Waals surface area contributed by atoms with E-state index in [-0.39, 0.29) is 11.4 Å². The van der Waals surface area contributed by atoms with Gasteiger partial charge >= 0.3 is 0 Å². The van der Waals surface area contributed by atoms with Gasteiger partial charge in [0.05, 0.1) is 39.9 Å². The highest BCUT2D eigenvalue weighted by Crippen LogP contribution is 2.28. The summed E-state index contributed by atoms with van der Waals surface area (Å²) in [6, 6.07) is 19.6. The Morgan fingerprint density at radius 1 is 0.878 bits per heavy atom. The first-order chi connectivity index (χ1) is 19.9. The summed E-state index contributed by atoms with van der Waals surface area (Å²) in [5, 5.41) is 13.2. The van der Waals surface area contributed by atoms with E-state index < -0.39 is 0 Å². The molecule has 0 saturated heterocycles. The second-order valence-electron chi connectivity index (χ2n) is 9.61. The Kier molecular flexibility index (Phi) is 8.54. The lowest BCUT2D eigenvalue weighted by Gasteiger charge is -2.22. The molecule has 0 radical (unpaired) electrons. The molecule has 3 aromatic carbocycles. The first-order valence-electron chi connectivity index (χ1n) is 13.1. The predicted molar refractivity (Wildman–Crippen MR) is 152 cm³/mol. The molecule has 1 N–H and O–H groups in total. The van der Waals surface area contributed by atoms with E-state index in [4.69, 9.17) is 14.2 Å². The molecule has 0 fully saturated rings. The topological polar surface area (TPSA) is 107 Å². The van der Waals surface area contributed by atoms with Crippen molar-refractivity contribution in [3.8, 4) is 17.2 Å². The molecule has 41 heavy (non-hydrogen) atoms. The first kappa shape index (κ1) is 27.8. The van der Waals surface area contributed by atoms with E-state index in [9.17, 15) is 9.18 Å². The molecule has 0 aliphatic rings. The number of nitrogens with zero attached hydrogens (tertiary/aromatic N) is 5. The van der Waals surface area contributed by atoms with Crippen molar-refractivity contribution in [3.63, 3.8) is 0 Å². The Morgan fingerprint density at radius 2 is 1.66 bits per heavy atom. The van der Waals surface area contributed by atoms with E-state index in [0.717, 1.165) is 16.5 Å². The van der Waals surface area contributed by atoms with Crippen LogP contribution < -0.4 is 19.8 Å². The Labute approximate surface area is 236 Å². The lowest BCUT2D eigenvalue weighted by atomic mass is 10.1. The van der Waals surface area contributed by atoms with Crippen LogP contribution in [-0.4, -0.2) is 58.0 Å². The molecule has 212 valence electrons. The number of H-pyrrole nitrogens is 1. The van der Waals surface area contributed by atoms with Crippen molar-refractivity contribution in [3.05, 3.63) is 105 Å². The van der Waals surface area contributed by atoms with Gasteiger partial charge < -0.3 is 19.2 Å². The fourth-order valence-corrected chi connectivity index (χ4v) is 4.67. The van der Waals surface area contributed by atoms with Gasteiger partial charge in [0.15, 0.2) is 17.3 Å². The van der Waals surface area contributed by atoms with Crippen LogP contribution in [0.1, 0.15) is 22.5 Å². The Hall–Kier alpha value is -4.77. The summed E-state index contributed by atoms with van der Waals surface area (Å²) in [6.45, 7) is 1.76. The van der Waals surface area contributed by atoms with Crippen molar-refractivity contribution >= 4 is 10.9 Å². The lowest BCUT2D eigenvalue weighted by molar-refractivity contribution is 0.247. The van der Waals surface area contributed by atoms with Gasteiger partial charge in [0.2, 0.25) is 0 Å². The minimum atomic E-state index is -0.300. The Balaban J connectivity index is 1.41. The standard InChI is InChI=1S/C30H31FN6O4/c1-39-25-10-7-22-15-23(30(38)32-26(22)16-25)18-36(13-12-20-6-11-27(40-2)28(14-20)41-3)19-29-33-34-35-37(29)17-21-4-8-24(31)9-5-21/h4-11,14-16H,12-13,17-19H2,1-3H3,(H,32,38). The fraction of sp³-hybridized carbons (Fsp3) is 0.267. The van der Waals surface area contributed by atoms with E-state index in [1.807, 2.05) is 36.4 Å². The summed E-state index contributed by atoms with van der Waals surface area (Å²) in [6.07, 6.45) is 0.683. The van der Waals surface area contributed by atoms with E-state index in [1.165, 1.54) is 12.1 Å². The maximum atomic E-state index is 13.4. The number of halogens is 1. The third kappa shape index (κ3) is 6.69. The molecule has 0 unspecified atom stereocenters. The number of fused-ring (bicyclic) bond motifs is 1. The molecule has 0 atom stereocenters. The van der Waals surface area contributed by atoms with Crippen molar-refractivity contribution in [2.75, 3.05) is 27.9 Å². The van der Waals surface area contributed by atoms with Gasteiger partial charge in [-0.3, -0.25) is 9.69 Å². The zero-order chi connectivity index (χ0) is 28.8. The van der Waals surface area contributed by atoms with Crippen molar-refractivity contribution in [2.45, 2.75) is 26.1 Å². The van der Waals surface area contributed by atoms with Gasteiger partial charge in [-0.1, -0.05) is 18.2 Å². The van der Waals surface area contributed by atoms with Crippen LogP contribution in [0, 0.1) is 5.82 Å². The molecule has 2 aromatic heterocycles. The number of aromatic amines is 1. The summed E-state index contributed by atoms with van der Waals surface area (Å²) < 4.78 is 31.2. The zero-order valence-corrected chi connectivity index (χ0v) is 23.1. The van der Waals surface area contributed by atoms with Crippen LogP contribution in [-0.2, 0) is 26.1 Å². The molecular weight excluding hydrogens is 527 g/mol. The number of tetrazole rings is 1. The SMILES string of the molecule is COc1ccc2cc(CN(CCc3ccc(OC)c(OC)c3)Cc3nnnn3Cc3ccc(F)cc3)c(=O)[nH]c2c1. The summed E-state index contributed by atoms with van der Waals surface area (Å²) in [5.74, 6) is 2.31. The fourth-order valence-electron chi connectivity index (χ4n) is 4.67. The third-order valence-corrected chi connectivity index (χ3v) is 6.91. The number of ether oxygens (including phenoxy) is 3. The molecule has 0 spiro atoms. The van der Waals surface area contributed by atoms with Gasteiger partial charge in [0, 0.05) is 24.7 Å². The summed E-state index contributed by atoms with van der Waals surface area (Å²) in [4.78, 5) is 18.2. The van der Waals surface area contributed by atoms with Gasteiger partial charge in [-0.05, 0) is 75.8 Å². The van der Waals surface area contributed by atoms with Crippen LogP contribution in [0.5, 0.6) is 17.2 Å². The van der Waals surface area contributed by atoms with Crippen LogP contribution in [0.15, 0.2) is 71.5 Å². The molecule has 0 bridgehead atoms. The number of aromatic nitrogens is 5. The Morgan fingerprint density at radius 3 is 2.41 bits per heavy atom. The molecule has 11 heteroatoms. The van der Waals surface area contributed by atoms with E-state index >= 15 is 0 Å². The van der Waals surface area contributed by atoms with Crippen molar-refractivity contribution in [1.29, 1.82) is 0 Å². The van der Waals surface area contributed by atoms with Crippen molar-refractivity contribution < 1.29 is 18.6 Å². The highest BCUT2D eigenvalue weighted by Gasteiger charge is 2.17. The minimum absolute atomic E-state index is 0.173. The number of benzene rings is 3. The third-order valence-electron chi connectivity index (χ3n) is 6.91. The first-order valence-corrected chi connectivity index (χ1v) is 13.1. The maximum Gasteiger partial charge on any atom is 0.252 e. The van der Waals surface area contributed by atoms with Crippen LogP contribution in [0.3, 0.4) is 0 Å². The van der Waals surface area contributed by atoms with Gasteiger partial charge in [-0.2, -0.15) is 0 Å². The number of rotatable bonds is 12. The summed E-state index contributed by atoms with van der Waals surface area (Å²) in [7, 11) is 4.80. The summed E-state index contributed by atoms with van der Waals surface area (Å²) in [5.41, 5.74) is 3.08. The normalized spacial score (nSPS) is 11.2. The van der Waals surface area contributed by atoms with Gasteiger partial charge in [-0.25, -0.2) is 9.07 Å². The van der Waals surface area contributed by atoms with Crippen LogP contribution >= 0.6 is 0 Å². The average Bonchev–Trinajstić information content (AvgIpc) is 3.42. The van der Waals surface area contributed by atoms with Crippen LogP contribution in [0.2, 0.25) is 0 Å². The smallest absolute Gasteiger partial charge is 0.252 e. The monoisotopic (exact) mass is 558 g/mol. The van der Waals surface area contributed by atoms with Crippen LogP contribution in [0.4, 0.5) is 4.39 Å². The molecular formula is C30H31FN6O4. The molecule has 0 saturated carbocycles. The number of hydrogen-bond donors (Lipinski definition) is 1. The molecule has 0 aliphatic heterocycles.